The van der Waals surface area contributed by atoms with Gasteiger partial charge < -0.3 is 5.32 Å². The van der Waals surface area contributed by atoms with Crippen LogP contribution >= 0.6 is 11.6 Å². The topological polar surface area (TPSA) is 12.0 Å². The lowest BCUT2D eigenvalue weighted by Gasteiger charge is -2.18. The van der Waals surface area contributed by atoms with Crippen LogP contribution in [0.2, 0.25) is 5.02 Å². The molecule has 0 aliphatic carbocycles. The summed E-state index contributed by atoms with van der Waals surface area (Å²) in [5.74, 6) is -0.221. The highest BCUT2D eigenvalue weighted by atomic mass is 35.5. The van der Waals surface area contributed by atoms with E-state index in [1.165, 1.54) is 6.07 Å². The van der Waals surface area contributed by atoms with Crippen LogP contribution in [0.1, 0.15) is 31.9 Å². The van der Waals surface area contributed by atoms with E-state index in [0.717, 1.165) is 29.7 Å². The Morgan fingerprint density at radius 3 is 2.50 bits per heavy atom. The molecular weight excluding hydrogens is 273 g/mol. The first kappa shape index (κ1) is 15.0. The number of benzene rings is 2. The van der Waals surface area contributed by atoms with Gasteiger partial charge in [-0.05, 0) is 60.8 Å². The highest BCUT2D eigenvalue weighted by molar-refractivity contribution is 6.30. The second kappa shape index (κ2) is 6.87. The van der Waals surface area contributed by atoms with Crippen LogP contribution in [-0.4, -0.2) is 6.54 Å². The number of hydrogen-bond acceptors (Lipinski definition) is 1. The van der Waals surface area contributed by atoms with Crippen LogP contribution in [0.4, 0.5) is 4.39 Å². The van der Waals surface area contributed by atoms with Crippen molar-refractivity contribution >= 4 is 11.6 Å². The number of nitrogens with one attached hydrogen (secondary N) is 1. The Labute approximate surface area is 124 Å². The number of halogens is 2. The Bertz CT molecular complexity index is 566. The Morgan fingerprint density at radius 2 is 1.85 bits per heavy atom. The molecule has 0 saturated heterocycles. The lowest BCUT2D eigenvalue weighted by atomic mass is 9.95. The molecule has 0 radical (unpaired) electrons. The molecule has 0 aliphatic rings. The lowest BCUT2D eigenvalue weighted by molar-refractivity contribution is 0.569. The van der Waals surface area contributed by atoms with Gasteiger partial charge >= 0.3 is 0 Å². The molecule has 0 bridgehead atoms. The maximum atomic E-state index is 13.6. The Morgan fingerprint density at radius 1 is 1.15 bits per heavy atom. The van der Waals surface area contributed by atoms with Gasteiger partial charge in [0.25, 0.3) is 0 Å². The van der Waals surface area contributed by atoms with Gasteiger partial charge in [-0.25, -0.2) is 4.39 Å². The van der Waals surface area contributed by atoms with Gasteiger partial charge in [-0.1, -0.05) is 36.7 Å². The number of hydrogen-bond donors (Lipinski definition) is 1. The first-order valence-corrected chi connectivity index (χ1v) is 7.28. The van der Waals surface area contributed by atoms with Crippen LogP contribution in [0.3, 0.4) is 0 Å². The minimum absolute atomic E-state index is 0.182. The summed E-state index contributed by atoms with van der Waals surface area (Å²) in [5, 5.41) is 4.13. The summed E-state index contributed by atoms with van der Waals surface area (Å²) >= 11 is 5.91. The fraction of sp³-hybridized carbons (Fsp3) is 0.294. The van der Waals surface area contributed by atoms with Crippen molar-refractivity contribution in [1.29, 1.82) is 0 Å². The predicted octanol–water partition coefficient (Wildman–Crippen LogP) is 5.21. The molecule has 3 heteroatoms. The molecule has 0 saturated carbocycles. The van der Waals surface area contributed by atoms with Crippen molar-refractivity contribution in [3.05, 3.63) is 58.9 Å². The van der Waals surface area contributed by atoms with E-state index in [1.54, 1.807) is 6.07 Å². The Kier molecular flexibility index (Phi) is 5.16. The van der Waals surface area contributed by atoms with Crippen molar-refractivity contribution in [2.24, 2.45) is 0 Å². The summed E-state index contributed by atoms with van der Waals surface area (Å²) in [6.07, 6.45) is 1.07. The van der Waals surface area contributed by atoms with E-state index in [2.05, 4.69) is 19.2 Å². The molecule has 0 aliphatic heterocycles. The summed E-state index contributed by atoms with van der Waals surface area (Å²) in [4.78, 5) is 0. The predicted molar refractivity (Wildman–Crippen MR) is 83.6 cm³/mol. The normalized spacial score (nSPS) is 12.4. The van der Waals surface area contributed by atoms with E-state index < -0.39 is 0 Å². The molecule has 20 heavy (non-hydrogen) atoms. The second-order valence-electron chi connectivity index (χ2n) is 4.91. The molecule has 1 atom stereocenters. The minimum Gasteiger partial charge on any atom is -0.310 e. The monoisotopic (exact) mass is 291 g/mol. The highest BCUT2D eigenvalue weighted by Gasteiger charge is 2.12. The largest absolute Gasteiger partial charge is 0.310 e. The summed E-state index contributed by atoms with van der Waals surface area (Å²) in [6.45, 7) is 5.17. The van der Waals surface area contributed by atoms with Crippen LogP contribution in [0, 0.1) is 5.82 Å². The molecular formula is C17H19ClFN. The summed E-state index contributed by atoms with van der Waals surface area (Å²) in [7, 11) is 0. The summed E-state index contributed by atoms with van der Waals surface area (Å²) < 4.78 is 13.6. The van der Waals surface area contributed by atoms with Gasteiger partial charge in [-0.2, -0.15) is 0 Å². The zero-order valence-electron chi connectivity index (χ0n) is 11.8. The maximum Gasteiger partial charge on any atom is 0.123 e. The Hall–Kier alpha value is -1.38. The molecule has 0 fully saturated rings. The maximum absolute atomic E-state index is 13.6. The van der Waals surface area contributed by atoms with E-state index in [-0.39, 0.29) is 11.9 Å². The molecule has 1 unspecified atom stereocenters. The SMILES string of the molecule is CCCNC(C)c1ccc(F)cc1-c1ccc(Cl)cc1. The van der Waals surface area contributed by atoms with Gasteiger partial charge in [0.2, 0.25) is 0 Å². The van der Waals surface area contributed by atoms with Gasteiger partial charge in [0.1, 0.15) is 5.82 Å². The quantitative estimate of drug-likeness (QED) is 0.797. The Balaban J connectivity index is 2.40. The molecule has 0 amide bonds. The summed E-state index contributed by atoms with van der Waals surface area (Å²) in [5.41, 5.74) is 2.99. The van der Waals surface area contributed by atoms with Gasteiger partial charge in [-0.15, -0.1) is 0 Å². The molecule has 2 aromatic rings. The van der Waals surface area contributed by atoms with Gasteiger partial charge in [-0.3, -0.25) is 0 Å². The minimum atomic E-state index is -0.221. The molecule has 2 rings (SSSR count). The molecule has 0 aromatic heterocycles. The van der Waals surface area contributed by atoms with Crippen molar-refractivity contribution in [1.82, 2.24) is 5.32 Å². The van der Waals surface area contributed by atoms with E-state index in [4.69, 9.17) is 11.6 Å². The fourth-order valence-corrected chi connectivity index (χ4v) is 2.38. The van der Waals surface area contributed by atoms with Crippen molar-refractivity contribution in [2.75, 3.05) is 6.54 Å². The molecule has 0 spiro atoms. The fourth-order valence-electron chi connectivity index (χ4n) is 2.26. The average molecular weight is 292 g/mol. The lowest BCUT2D eigenvalue weighted by Crippen LogP contribution is -2.19. The van der Waals surface area contributed by atoms with E-state index in [9.17, 15) is 4.39 Å². The highest BCUT2D eigenvalue weighted by Crippen LogP contribution is 2.30. The van der Waals surface area contributed by atoms with Gasteiger partial charge in [0.05, 0.1) is 0 Å². The molecule has 2 aromatic carbocycles. The second-order valence-corrected chi connectivity index (χ2v) is 5.35. The van der Waals surface area contributed by atoms with Gasteiger partial charge in [0.15, 0.2) is 0 Å². The van der Waals surface area contributed by atoms with Crippen LogP contribution < -0.4 is 5.32 Å². The van der Waals surface area contributed by atoms with Crippen LogP contribution in [0.5, 0.6) is 0 Å². The van der Waals surface area contributed by atoms with Crippen molar-refractivity contribution in [2.45, 2.75) is 26.3 Å². The smallest absolute Gasteiger partial charge is 0.123 e. The molecule has 106 valence electrons. The van der Waals surface area contributed by atoms with Crippen LogP contribution in [-0.2, 0) is 0 Å². The average Bonchev–Trinajstić information content (AvgIpc) is 2.45. The zero-order valence-corrected chi connectivity index (χ0v) is 12.5. The van der Waals surface area contributed by atoms with Crippen LogP contribution in [0.15, 0.2) is 42.5 Å². The number of rotatable bonds is 5. The molecule has 0 heterocycles. The third-order valence-electron chi connectivity index (χ3n) is 3.34. The van der Waals surface area contributed by atoms with Crippen molar-refractivity contribution in [3.63, 3.8) is 0 Å². The zero-order chi connectivity index (χ0) is 14.5. The van der Waals surface area contributed by atoms with Gasteiger partial charge in [0, 0.05) is 11.1 Å². The van der Waals surface area contributed by atoms with Crippen molar-refractivity contribution in [3.8, 4) is 11.1 Å². The molecule has 1 nitrogen and oxygen atoms in total. The first-order valence-electron chi connectivity index (χ1n) is 6.90. The van der Waals surface area contributed by atoms with Crippen molar-refractivity contribution < 1.29 is 4.39 Å². The van der Waals surface area contributed by atoms with E-state index in [1.807, 2.05) is 30.3 Å². The standard InChI is InChI=1S/C17H19ClFN/c1-3-10-20-12(2)16-9-8-15(19)11-17(16)13-4-6-14(18)7-5-13/h4-9,11-12,20H,3,10H2,1-2H3. The third-order valence-corrected chi connectivity index (χ3v) is 3.59. The van der Waals surface area contributed by atoms with E-state index >= 15 is 0 Å². The third kappa shape index (κ3) is 3.59. The summed E-state index contributed by atoms with van der Waals surface area (Å²) in [6, 6.07) is 12.6. The van der Waals surface area contributed by atoms with E-state index in [0.29, 0.717) is 5.02 Å². The first-order chi connectivity index (χ1) is 9.61. The van der Waals surface area contributed by atoms with Crippen LogP contribution in [0.25, 0.3) is 11.1 Å². The molecule has 1 N–H and O–H groups in total.